The Morgan fingerprint density at radius 1 is 0.348 bits per heavy atom. The molecule has 0 unspecified atom stereocenters. The summed E-state index contributed by atoms with van der Waals surface area (Å²) in [6, 6.07) is 56.2. The van der Waals surface area contributed by atoms with Crippen LogP contribution < -0.4 is 61.2 Å². The van der Waals surface area contributed by atoms with Gasteiger partial charge in [-0.05, 0) is 101 Å². The summed E-state index contributed by atoms with van der Waals surface area (Å²) in [5, 5.41) is 0. The first kappa shape index (κ1) is 38.9. The number of halogens is 2. The van der Waals surface area contributed by atoms with E-state index in [0.717, 1.165) is 52.4 Å². The van der Waals surface area contributed by atoms with Crippen LogP contribution in [-0.4, -0.2) is 13.4 Å². The molecule has 4 heterocycles. The zero-order valence-electron chi connectivity index (χ0n) is 34.5. The third kappa shape index (κ3) is 6.58. The van der Waals surface area contributed by atoms with Gasteiger partial charge in [-0.15, -0.1) is 0 Å². The van der Waals surface area contributed by atoms with E-state index in [-0.39, 0.29) is 24.9 Å². The molecular weight excluding hydrogens is 868 g/mol. The molecule has 0 bridgehead atoms. The normalized spacial score (nSPS) is 13.1. The first-order chi connectivity index (χ1) is 32.5. The number of hydrogen-bond acceptors (Lipinski definition) is 8. The summed E-state index contributed by atoms with van der Waals surface area (Å²) < 4.78 is 69.3. The Labute approximate surface area is 387 Å². The molecule has 6 nitrogen and oxygen atoms in total. The van der Waals surface area contributed by atoms with Crippen LogP contribution in [0.5, 0.6) is 69.0 Å². The van der Waals surface area contributed by atoms with E-state index in [1.807, 2.05) is 109 Å². The van der Waals surface area contributed by atoms with Crippen LogP contribution in [0.25, 0.3) is 0 Å². The van der Waals surface area contributed by atoms with Gasteiger partial charge in [0.05, 0.1) is 0 Å². The van der Waals surface area contributed by atoms with Crippen LogP contribution >= 0.6 is 23.5 Å². The van der Waals surface area contributed by atoms with Crippen LogP contribution in [0.4, 0.5) is 8.78 Å². The highest BCUT2D eigenvalue weighted by atomic mass is 32.2. The number of para-hydroxylation sites is 6. The Morgan fingerprint density at radius 2 is 0.758 bits per heavy atom. The number of ether oxygens (including phenoxy) is 6. The molecule has 0 saturated carbocycles. The Kier molecular flexibility index (Phi) is 9.18. The molecule has 0 aromatic heterocycles. The molecule has 0 N–H and O–H groups in total. The topological polar surface area (TPSA) is 55.4 Å². The first-order valence-corrected chi connectivity index (χ1v) is 22.9. The molecule has 4 aliphatic heterocycles. The van der Waals surface area contributed by atoms with E-state index >= 15 is 8.78 Å². The van der Waals surface area contributed by atoms with Gasteiger partial charge in [-0.25, -0.2) is 8.78 Å². The molecule has 9 aromatic rings. The predicted octanol–water partition coefficient (Wildman–Crippen LogP) is 11.3. The van der Waals surface area contributed by atoms with Crippen LogP contribution in [0.3, 0.4) is 0 Å². The molecule has 66 heavy (non-hydrogen) atoms. The smallest absolute Gasteiger partial charge is 0.254 e. The van der Waals surface area contributed by atoms with Crippen LogP contribution in [0.1, 0.15) is 0 Å². The van der Waals surface area contributed by atoms with Crippen molar-refractivity contribution in [3.63, 3.8) is 0 Å². The fourth-order valence-corrected chi connectivity index (χ4v) is 11.8. The first-order valence-electron chi connectivity index (χ1n) is 21.3. The van der Waals surface area contributed by atoms with Crippen molar-refractivity contribution in [1.29, 1.82) is 0 Å². The molecular formula is C54H30B2F2O6S2. The molecule has 0 amide bonds. The quantitative estimate of drug-likeness (QED) is 0.140. The van der Waals surface area contributed by atoms with Gasteiger partial charge in [0.1, 0.15) is 34.5 Å². The fraction of sp³-hybridized carbons (Fsp3) is 0. The summed E-state index contributed by atoms with van der Waals surface area (Å²) in [4.78, 5) is 3.95. The lowest BCUT2D eigenvalue weighted by atomic mass is 9.32. The van der Waals surface area contributed by atoms with E-state index in [1.54, 1.807) is 59.9 Å². The number of benzene rings is 9. The maximum Gasteiger partial charge on any atom is 0.254 e. The van der Waals surface area contributed by atoms with Gasteiger partial charge in [0, 0.05) is 31.7 Å². The number of hydrogen-bond donors (Lipinski definition) is 0. The monoisotopic (exact) mass is 898 g/mol. The minimum absolute atomic E-state index is 0.114. The fourth-order valence-electron chi connectivity index (χ4n) is 9.26. The Bertz CT molecular complexity index is 3230. The van der Waals surface area contributed by atoms with Gasteiger partial charge >= 0.3 is 0 Å². The molecule has 0 spiro atoms. The third-order valence-corrected chi connectivity index (χ3v) is 14.3. The van der Waals surface area contributed by atoms with Crippen molar-refractivity contribution in [3.05, 3.63) is 194 Å². The number of fused-ring (bicyclic) bond motifs is 8. The zero-order valence-corrected chi connectivity index (χ0v) is 36.1. The molecule has 0 saturated heterocycles. The maximum absolute atomic E-state index is 15.0. The predicted molar refractivity (Wildman–Crippen MR) is 256 cm³/mol. The molecule has 4 aliphatic rings. The zero-order chi connectivity index (χ0) is 43.9. The van der Waals surface area contributed by atoms with Crippen LogP contribution in [0.15, 0.2) is 202 Å². The van der Waals surface area contributed by atoms with Crippen molar-refractivity contribution in [2.24, 2.45) is 0 Å². The second-order valence-corrected chi connectivity index (χ2v) is 18.3. The van der Waals surface area contributed by atoms with Crippen molar-refractivity contribution in [1.82, 2.24) is 0 Å². The largest absolute Gasteiger partial charge is 0.454 e. The lowest BCUT2D eigenvalue weighted by Crippen LogP contribution is -2.62. The summed E-state index contributed by atoms with van der Waals surface area (Å²) >= 11 is 3.25. The summed E-state index contributed by atoms with van der Waals surface area (Å²) in [5.41, 5.74) is 6.09. The van der Waals surface area contributed by atoms with Gasteiger partial charge in [-0.1, -0.05) is 125 Å². The highest BCUT2D eigenvalue weighted by Crippen LogP contribution is 2.47. The summed E-state index contributed by atoms with van der Waals surface area (Å²) in [5.74, 6) is 5.03. The second kappa shape index (κ2) is 15.6. The van der Waals surface area contributed by atoms with Gasteiger partial charge in [0.2, 0.25) is 0 Å². The van der Waals surface area contributed by atoms with Crippen molar-refractivity contribution in [2.45, 2.75) is 19.6 Å². The standard InChI is InChI=1S/C54H30B2F2O6S2/c57-39-19-7-9-21-41(39)61-33-25-45-51-49(27-33)65-47-30-48-38(29-37(47)55(51)35-17-11-23-43(53(35)63-45)59-31-13-3-1-4-14-31)56-36-18-12-24-44(60-32-15-5-2-6-16-32)54(36)64-46-26-34(28-50(66-48)52(46)56)62-42-22-10-8-20-40(42)58/h1-30H. The molecule has 0 fully saturated rings. The summed E-state index contributed by atoms with van der Waals surface area (Å²) in [6.07, 6.45) is 0. The van der Waals surface area contributed by atoms with Crippen molar-refractivity contribution in [2.75, 3.05) is 0 Å². The molecule has 0 atom stereocenters. The van der Waals surface area contributed by atoms with Crippen LogP contribution in [0.2, 0.25) is 0 Å². The summed E-state index contributed by atoms with van der Waals surface area (Å²) in [7, 11) is 0. The van der Waals surface area contributed by atoms with E-state index in [4.69, 9.17) is 28.4 Å². The van der Waals surface area contributed by atoms with Crippen molar-refractivity contribution >= 4 is 69.7 Å². The minimum Gasteiger partial charge on any atom is -0.454 e. The Balaban J connectivity index is 0.995. The van der Waals surface area contributed by atoms with Gasteiger partial charge < -0.3 is 28.4 Å². The third-order valence-electron chi connectivity index (χ3n) is 12.1. The van der Waals surface area contributed by atoms with Crippen LogP contribution in [-0.2, 0) is 0 Å². The maximum atomic E-state index is 15.0. The molecule has 0 aliphatic carbocycles. The molecule has 13 rings (SSSR count). The molecule has 314 valence electrons. The SMILES string of the molecule is Fc1ccccc1Oc1cc2c3c(c1)Sc1cc4c(cc1B3c1cccc(Oc3ccccc3)c1O2)B1c2cccc(Oc3ccccc3)c2Oc2cc(Oc3ccccc3F)cc(c21)S4. The Morgan fingerprint density at radius 3 is 1.21 bits per heavy atom. The second-order valence-electron chi connectivity index (χ2n) is 16.1. The van der Waals surface area contributed by atoms with Gasteiger partial charge in [-0.3, -0.25) is 0 Å². The minimum atomic E-state index is -0.465. The van der Waals surface area contributed by atoms with E-state index in [1.165, 1.54) is 12.1 Å². The average molecular weight is 899 g/mol. The van der Waals surface area contributed by atoms with E-state index < -0.39 is 11.6 Å². The highest BCUT2D eigenvalue weighted by Gasteiger charge is 2.45. The van der Waals surface area contributed by atoms with Gasteiger partial charge in [-0.2, -0.15) is 0 Å². The molecule has 0 radical (unpaired) electrons. The average Bonchev–Trinajstić information content (AvgIpc) is 3.33. The van der Waals surface area contributed by atoms with Gasteiger partial charge in [0.25, 0.3) is 13.4 Å². The molecule has 12 heteroatoms. The van der Waals surface area contributed by atoms with E-state index in [9.17, 15) is 0 Å². The lowest BCUT2D eigenvalue weighted by molar-refractivity contribution is 0.414. The van der Waals surface area contributed by atoms with Crippen molar-refractivity contribution < 1.29 is 37.2 Å². The van der Waals surface area contributed by atoms with E-state index in [2.05, 4.69) is 24.3 Å². The van der Waals surface area contributed by atoms with Crippen molar-refractivity contribution in [3.8, 4) is 69.0 Å². The van der Waals surface area contributed by atoms with E-state index in [0.29, 0.717) is 57.5 Å². The molecule has 9 aromatic carbocycles. The highest BCUT2D eigenvalue weighted by molar-refractivity contribution is 8.01. The summed E-state index contributed by atoms with van der Waals surface area (Å²) in [6.45, 7) is -0.534. The van der Waals surface area contributed by atoms with Crippen LogP contribution in [0, 0.1) is 11.6 Å². The number of rotatable bonds is 8. The van der Waals surface area contributed by atoms with Gasteiger partial charge in [0.15, 0.2) is 46.1 Å². The Hall–Kier alpha value is -7.53. The lowest BCUT2D eigenvalue weighted by Gasteiger charge is -2.37.